The van der Waals surface area contributed by atoms with Crippen LogP contribution in [0.1, 0.15) is 36.6 Å². The van der Waals surface area contributed by atoms with E-state index >= 15 is 0 Å². The third-order valence-electron chi connectivity index (χ3n) is 3.76. The van der Waals surface area contributed by atoms with Crippen LogP contribution in [-0.2, 0) is 0 Å². The SMILES string of the molecule is CC(NC1CCOc2ccccc21)c1cccc(Br)c1. The summed E-state index contributed by atoms with van der Waals surface area (Å²) in [4.78, 5) is 0. The predicted octanol–water partition coefficient (Wildman–Crippen LogP) is 4.62. The molecule has 1 aliphatic heterocycles. The van der Waals surface area contributed by atoms with Crippen LogP contribution in [0.4, 0.5) is 0 Å². The van der Waals surface area contributed by atoms with E-state index in [1.165, 1.54) is 11.1 Å². The molecule has 0 amide bonds. The van der Waals surface area contributed by atoms with Gasteiger partial charge in [-0.2, -0.15) is 0 Å². The standard InChI is InChI=1S/C17H18BrNO/c1-12(13-5-4-6-14(18)11-13)19-16-9-10-20-17-8-3-2-7-15(16)17/h2-8,11-12,16,19H,9-10H2,1H3. The Kier molecular flexibility index (Phi) is 4.08. The minimum atomic E-state index is 0.309. The summed E-state index contributed by atoms with van der Waals surface area (Å²) < 4.78 is 6.83. The molecule has 0 saturated carbocycles. The smallest absolute Gasteiger partial charge is 0.124 e. The molecule has 1 N–H and O–H groups in total. The first-order valence-electron chi connectivity index (χ1n) is 6.97. The maximum absolute atomic E-state index is 5.71. The van der Waals surface area contributed by atoms with Gasteiger partial charge in [0.05, 0.1) is 6.61 Å². The first kappa shape index (κ1) is 13.7. The van der Waals surface area contributed by atoms with Gasteiger partial charge < -0.3 is 10.1 Å². The van der Waals surface area contributed by atoms with Gasteiger partial charge in [0.25, 0.3) is 0 Å². The van der Waals surface area contributed by atoms with E-state index < -0.39 is 0 Å². The van der Waals surface area contributed by atoms with Crippen molar-refractivity contribution < 1.29 is 4.74 Å². The van der Waals surface area contributed by atoms with Crippen LogP contribution in [0.3, 0.4) is 0 Å². The van der Waals surface area contributed by atoms with Gasteiger partial charge in [-0.1, -0.05) is 46.3 Å². The summed E-state index contributed by atoms with van der Waals surface area (Å²) in [5, 5.41) is 3.72. The zero-order valence-electron chi connectivity index (χ0n) is 11.5. The molecule has 104 valence electrons. The largest absolute Gasteiger partial charge is 0.493 e. The van der Waals surface area contributed by atoms with Crippen LogP contribution < -0.4 is 10.1 Å². The van der Waals surface area contributed by atoms with Crippen molar-refractivity contribution in [1.29, 1.82) is 0 Å². The molecule has 20 heavy (non-hydrogen) atoms. The van der Waals surface area contributed by atoms with E-state index in [0.29, 0.717) is 12.1 Å². The van der Waals surface area contributed by atoms with Crippen LogP contribution in [0.5, 0.6) is 5.75 Å². The van der Waals surface area contributed by atoms with E-state index in [1.54, 1.807) is 0 Å². The van der Waals surface area contributed by atoms with Crippen molar-refractivity contribution in [1.82, 2.24) is 5.32 Å². The lowest BCUT2D eigenvalue weighted by Crippen LogP contribution is -2.29. The van der Waals surface area contributed by atoms with Crippen molar-refractivity contribution in [3.05, 3.63) is 64.1 Å². The number of benzene rings is 2. The maximum Gasteiger partial charge on any atom is 0.124 e. The number of ether oxygens (including phenoxy) is 1. The second-order valence-electron chi connectivity index (χ2n) is 5.17. The number of hydrogen-bond donors (Lipinski definition) is 1. The van der Waals surface area contributed by atoms with E-state index in [2.05, 4.69) is 64.6 Å². The van der Waals surface area contributed by atoms with Crippen LogP contribution in [-0.4, -0.2) is 6.61 Å². The fourth-order valence-electron chi connectivity index (χ4n) is 2.69. The second-order valence-corrected chi connectivity index (χ2v) is 6.09. The van der Waals surface area contributed by atoms with Crippen LogP contribution in [0.2, 0.25) is 0 Å². The molecule has 0 radical (unpaired) electrons. The monoisotopic (exact) mass is 331 g/mol. The molecule has 1 heterocycles. The van der Waals surface area contributed by atoms with Crippen molar-refractivity contribution in [2.45, 2.75) is 25.4 Å². The highest BCUT2D eigenvalue weighted by molar-refractivity contribution is 9.10. The van der Waals surface area contributed by atoms with Gasteiger partial charge in [0.2, 0.25) is 0 Å². The van der Waals surface area contributed by atoms with Gasteiger partial charge in [0.1, 0.15) is 5.75 Å². The van der Waals surface area contributed by atoms with Gasteiger partial charge in [-0.15, -0.1) is 0 Å². The lowest BCUT2D eigenvalue weighted by Gasteiger charge is -2.29. The molecule has 3 rings (SSSR count). The summed E-state index contributed by atoms with van der Waals surface area (Å²) in [5.74, 6) is 1.01. The Bertz CT molecular complexity index is 599. The molecule has 2 aromatic rings. The summed E-state index contributed by atoms with van der Waals surface area (Å²) in [6.45, 7) is 2.99. The third-order valence-corrected chi connectivity index (χ3v) is 4.25. The average Bonchev–Trinajstić information content (AvgIpc) is 2.47. The first-order chi connectivity index (χ1) is 9.74. The number of halogens is 1. The number of rotatable bonds is 3. The Labute approximate surface area is 128 Å². The summed E-state index contributed by atoms with van der Waals surface area (Å²) >= 11 is 3.53. The van der Waals surface area contributed by atoms with Gasteiger partial charge in [0.15, 0.2) is 0 Å². The van der Waals surface area contributed by atoms with E-state index in [9.17, 15) is 0 Å². The third kappa shape index (κ3) is 2.89. The van der Waals surface area contributed by atoms with Crippen molar-refractivity contribution in [3.8, 4) is 5.75 Å². The molecule has 2 aromatic carbocycles. The van der Waals surface area contributed by atoms with E-state index in [4.69, 9.17) is 4.74 Å². The Hall–Kier alpha value is -1.32. The Morgan fingerprint density at radius 2 is 2.05 bits per heavy atom. The second kappa shape index (κ2) is 5.98. The molecular formula is C17H18BrNO. The van der Waals surface area contributed by atoms with E-state index in [1.807, 2.05) is 12.1 Å². The zero-order chi connectivity index (χ0) is 13.9. The van der Waals surface area contributed by atoms with Crippen LogP contribution in [0.15, 0.2) is 53.0 Å². The van der Waals surface area contributed by atoms with Gasteiger partial charge in [-0.25, -0.2) is 0 Å². The van der Waals surface area contributed by atoms with E-state index in [-0.39, 0.29) is 0 Å². The average molecular weight is 332 g/mol. The van der Waals surface area contributed by atoms with Crippen LogP contribution >= 0.6 is 15.9 Å². The highest BCUT2D eigenvalue weighted by Gasteiger charge is 2.22. The Morgan fingerprint density at radius 3 is 2.90 bits per heavy atom. The fourth-order valence-corrected chi connectivity index (χ4v) is 3.11. The quantitative estimate of drug-likeness (QED) is 0.885. The molecule has 0 bridgehead atoms. The van der Waals surface area contributed by atoms with Gasteiger partial charge >= 0.3 is 0 Å². The minimum Gasteiger partial charge on any atom is -0.493 e. The number of para-hydroxylation sites is 1. The van der Waals surface area contributed by atoms with Gasteiger partial charge in [-0.3, -0.25) is 0 Å². The van der Waals surface area contributed by atoms with Crippen molar-refractivity contribution in [3.63, 3.8) is 0 Å². The Balaban J connectivity index is 1.79. The van der Waals surface area contributed by atoms with Gasteiger partial charge in [0, 0.05) is 28.5 Å². The lowest BCUT2D eigenvalue weighted by atomic mass is 9.98. The van der Waals surface area contributed by atoms with Crippen molar-refractivity contribution in [2.24, 2.45) is 0 Å². The molecule has 0 aliphatic carbocycles. The molecule has 2 atom stereocenters. The number of hydrogen-bond acceptors (Lipinski definition) is 2. The maximum atomic E-state index is 5.71. The highest BCUT2D eigenvalue weighted by Crippen LogP contribution is 2.33. The summed E-state index contributed by atoms with van der Waals surface area (Å²) in [6, 6.07) is 17.4. The molecule has 0 spiro atoms. The topological polar surface area (TPSA) is 21.3 Å². The molecule has 0 aromatic heterocycles. The fraction of sp³-hybridized carbons (Fsp3) is 0.294. The summed E-state index contributed by atoms with van der Waals surface area (Å²) in [5.41, 5.74) is 2.56. The van der Waals surface area contributed by atoms with Crippen molar-refractivity contribution >= 4 is 15.9 Å². The molecule has 2 nitrogen and oxygen atoms in total. The Morgan fingerprint density at radius 1 is 1.20 bits per heavy atom. The van der Waals surface area contributed by atoms with Gasteiger partial charge in [-0.05, 0) is 30.7 Å². The molecular weight excluding hydrogens is 314 g/mol. The molecule has 1 aliphatic rings. The first-order valence-corrected chi connectivity index (χ1v) is 7.76. The molecule has 2 unspecified atom stereocenters. The van der Waals surface area contributed by atoms with Crippen LogP contribution in [0, 0.1) is 0 Å². The summed E-state index contributed by atoms with van der Waals surface area (Å²) in [6.07, 6.45) is 1.01. The van der Waals surface area contributed by atoms with Crippen molar-refractivity contribution in [2.75, 3.05) is 6.61 Å². The normalized spacial score (nSPS) is 19.0. The number of fused-ring (bicyclic) bond motifs is 1. The molecule has 0 saturated heterocycles. The lowest BCUT2D eigenvalue weighted by molar-refractivity contribution is 0.246. The summed E-state index contributed by atoms with van der Waals surface area (Å²) in [7, 11) is 0. The zero-order valence-corrected chi connectivity index (χ0v) is 13.1. The molecule has 0 fully saturated rings. The number of nitrogens with one attached hydrogen (secondary N) is 1. The minimum absolute atomic E-state index is 0.309. The van der Waals surface area contributed by atoms with Crippen LogP contribution in [0.25, 0.3) is 0 Å². The highest BCUT2D eigenvalue weighted by atomic mass is 79.9. The van der Waals surface area contributed by atoms with E-state index in [0.717, 1.165) is 23.2 Å². The molecule has 3 heteroatoms. The predicted molar refractivity (Wildman–Crippen MR) is 85.0 cm³/mol.